The van der Waals surface area contributed by atoms with Crippen molar-refractivity contribution in [3.63, 3.8) is 0 Å². The average molecular weight is 389 g/mol. The fourth-order valence-corrected chi connectivity index (χ4v) is 3.73. The molecule has 0 atom stereocenters. The van der Waals surface area contributed by atoms with Crippen molar-refractivity contribution < 1.29 is 13.2 Å². The maximum atomic E-state index is 13.2. The van der Waals surface area contributed by atoms with Gasteiger partial charge in [-0.05, 0) is 24.1 Å². The van der Waals surface area contributed by atoms with Gasteiger partial charge in [-0.1, -0.05) is 60.3 Å². The van der Waals surface area contributed by atoms with Crippen LogP contribution in [0.1, 0.15) is 16.7 Å². The van der Waals surface area contributed by atoms with Crippen LogP contribution in [0.5, 0.6) is 0 Å². The van der Waals surface area contributed by atoms with Crippen LogP contribution in [0.15, 0.2) is 66.3 Å². The Kier molecular flexibility index (Phi) is 5.70. The van der Waals surface area contributed by atoms with E-state index in [0.717, 1.165) is 17.2 Å². The maximum Gasteiger partial charge on any atom is 0.416 e. The fraction of sp³-hybridized carbons (Fsp3) is 0.200. The highest BCUT2D eigenvalue weighted by Crippen LogP contribution is 2.35. The summed E-state index contributed by atoms with van der Waals surface area (Å²) in [6.45, 7) is 6.22. The third kappa shape index (κ3) is 4.24. The summed E-state index contributed by atoms with van der Waals surface area (Å²) in [6.07, 6.45) is -2.66. The minimum Gasteiger partial charge on any atom is -0.298 e. The number of thioether (sulfide) groups is 1. The predicted molar refractivity (Wildman–Crippen MR) is 101 cm³/mol. The molecule has 0 unspecified atom stereocenters. The molecule has 0 amide bonds. The first-order valence-corrected chi connectivity index (χ1v) is 9.28. The molecular formula is C20H18F3N3S. The molecule has 7 heteroatoms. The van der Waals surface area contributed by atoms with E-state index in [9.17, 15) is 13.2 Å². The van der Waals surface area contributed by atoms with Crippen LogP contribution in [0.4, 0.5) is 13.2 Å². The number of aryl methyl sites for hydroxylation is 1. The summed E-state index contributed by atoms with van der Waals surface area (Å²) in [4.78, 5) is 0. The van der Waals surface area contributed by atoms with E-state index in [2.05, 4.69) is 16.8 Å². The molecule has 0 radical (unpaired) electrons. The molecule has 0 fully saturated rings. The van der Waals surface area contributed by atoms with Gasteiger partial charge in [-0.25, -0.2) is 0 Å². The Labute approximate surface area is 159 Å². The Morgan fingerprint density at radius 3 is 2.48 bits per heavy atom. The standard InChI is InChI=1S/C20H18F3N3S/c1-3-12-26-18(16-10-6-4-8-14(16)2)24-25-19(26)27-13-15-9-5-7-11-17(15)20(21,22)23/h3-11H,1,12-13H2,2H3. The summed E-state index contributed by atoms with van der Waals surface area (Å²) in [5.41, 5.74) is 1.59. The van der Waals surface area contributed by atoms with E-state index in [4.69, 9.17) is 0 Å². The molecule has 0 aliphatic rings. The van der Waals surface area contributed by atoms with Gasteiger partial charge in [0.25, 0.3) is 0 Å². The predicted octanol–water partition coefficient (Wildman–Crippen LogP) is 5.75. The molecule has 0 spiro atoms. The normalized spacial score (nSPS) is 11.6. The zero-order valence-corrected chi connectivity index (χ0v) is 15.5. The Hall–Kier alpha value is -2.54. The Bertz CT molecular complexity index is 948. The SMILES string of the molecule is C=CCn1c(SCc2ccccc2C(F)(F)F)nnc1-c1ccccc1C. The number of rotatable bonds is 6. The molecule has 3 nitrogen and oxygen atoms in total. The second kappa shape index (κ2) is 8.00. The average Bonchev–Trinajstić information content (AvgIpc) is 3.03. The zero-order valence-electron chi connectivity index (χ0n) is 14.7. The van der Waals surface area contributed by atoms with Gasteiger partial charge in [0.15, 0.2) is 11.0 Å². The van der Waals surface area contributed by atoms with Gasteiger partial charge >= 0.3 is 6.18 Å². The highest BCUT2D eigenvalue weighted by Gasteiger charge is 2.32. The summed E-state index contributed by atoms with van der Waals surface area (Å²) in [5, 5.41) is 9.04. The maximum absolute atomic E-state index is 13.2. The van der Waals surface area contributed by atoms with Crippen molar-refractivity contribution in [1.29, 1.82) is 0 Å². The largest absolute Gasteiger partial charge is 0.416 e. The lowest BCUT2D eigenvalue weighted by molar-refractivity contribution is -0.138. The lowest BCUT2D eigenvalue weighted by Crippen LogP contribution is -2.08. The molecule has 3 aromatic rings. The Morgan fingerprint density at radius 1 is 1.07 bits per heavy atom. The van der Waals surface area contributed by atoms with Crippen molar-refractivity contribution in [2.75, 3.05) is 0 Å². The molecule has 27 heavy (non-hydrogen) atoms. The van der Waals surface area contributed by atoms with Crippen molar-refractivity contribution >= 4 is 11.8 Å². The summed E-state index contributed by atoms with van der Waals surface area (Å²) in [7, 11) is 0. The molecule has 0 aliphatic carbocycles. The summed E-state index contributed by atoms with van der Waals surface area (Å²) in [6, 6.07) is 13.4. The van der Waals surface area contributed by atoms with Crippen LogP contribution < -0.4 is 0 Å². The van der Waals surface area contributed by atoms with E-state index in [0.29, 0.717) is 17.5 Å². The number of hydrogen-bond acceptors (Lipinski definition) is 3. The first kappa shape index (κ1) is 19.2. The molecule has 0 N–H and O–H groups in total. The van der Waals surface area contributed by atoms with Crippen molar-refractivity contribution in [3.8, 4) is 11.4 Å². The molecule has 2 aromatic carbocycles. The molecule has 3 rings (SSSR count). The third-order valence-electron chi connectivity index (χ3n) is 4.09. The molecule has 140 valence electrons. The number of nitrogens with zero attached hydrogens (tertiary/aromatic N) is 3. The number of allylic oxidation sites excluding steroid dienone is 1. The van der Waals surface area contributed by atoms with E-state index < -0.39 is 11.7 Å². The van der Waals surface area contributed by atoms with Crippen LogP contribution in [-0.4, -0.2) is 14.8 Å². The highest BCUT2D eigenvalue weighted by molar-refractivity contribution is 7.98. The lowest BCUT2D eigenvalue weighted by Gasteiger charge is -2.13. The van der Waals surface area contributed by atoms with E-state index in [1.165, 1.54) is 23.9 Å². The first-order valence-electron chi connectivity index (χ1n) is 8.30. The summed E-state index contributed by atoms with van der Waals surface area (Å²) < 4.78 is 41.4. The number of alkyl halides is 3. The van der Waals surface area contributed by atoms with Gasteiger partial charge in [0.05, 0.1) is 5.56 Å². The summed E-state index contributed by atoms with van der Waals surface area (Å²) >= 11 is 1.23. The van der Waals surface area contributed by atoms with Crippen molar-refractivity contribution in [2.45, 2.75) is 30.6 Å². The topological polar surface area (TPSA) is 30.7 Å². The van der Waals surface area contributed by atoms with E-state index in [1.54, 1.807) is 12.1 Å². The van der Waals surface area contributed by atoms with Crippen LogP contribution >= 0.6 is 11.8 Å². The quantitative estimate of drug-likeness (QED) is 0.397. The number of halogens is 3. The van der Waals surface area contributed by atoms with Crippen LogP contribution in [-0.2, 0) is 18.5 Å². The monoisotopic (exact) mass is 389 g/mol. The molecule has 0 saturated heterocycles. The fourth-order valence-electron chi connectivity index (χ4n) is 2.78. The van der Waals surface area contributed by atoms with Gasteiger partial charge in [0.1, 0.15) is 0 Å². The highest BCUT2D eigenvalue weighted by atomic mass is 32.2. The molecule has 0 aliphatic heterocycles. The van der Waals surface area contributed by atoms with Crippen LogP contribution in [0, 0.1) is 6.92 Å². The molecule has 1 heterocycles. The van der Waals surface area contributed by atoms with Gasteiger partial charge in [0.2, 0.25) is 0 Å². The van der Waals surface area contributed by atoms with Gasteiger partial charge in [-0.15, -0.1) is 16.8 Å². The lowest BCUT2D eigenvalue weighted by atomic mass is 10.1. The summed E-state index contributed by atoms with van der Waals surface area (Å²) in [5.74, 6) is 0.832. The minimum absolute atomic E-state index is 0.152. The van der Waals surface area contributed by atoms with Crippen LogP contribution in [0.2, 0.25) is 0 Å². The zero-order chi connectivity index (χ0) is 19.4. The number of aromatic nitrogens is 3. The van der Waals surface area contributed by atoms with Crippen LogP contribution in [0.3, 0.4) is 0 Å². The smallest absolute Gasteiger partial charge is 0.298 e. The molecular weight excluding hydrogens is 371 g/mol. The van der Waals surface area contributed by atoms with Gasteiger partial charge in [0, 0.05) is 17.9 Å². The van der Waals surface area contributed by atoms with Crippen LogP contribution in [0.25, 0.3) is 11.4 Å². The molecule has 1 aromatic heterocycles. The van der Waals surface area contributed by atoms with E-state index >= 15 is 0 Å². The van der Waals surface area contributed by atoms with E-state index in [1.807, 2.05) is 35.8 Å². The molecule has 0 saturated carbocycles. The van der Waals surface area contributed by atoms with Gasteiger partial charge < -0.3 is 0 Å². The van der Waals surface area contributed by atoms with Gasteiger partial charge in [-0.3, -0.25) is 4.57 Å². The van der Waals surface area contributed by atoms with Crippen molar-refractivity contribution in [1.82, 2.24) is 14.8 Å². The van der Waals surface area contributed by atoms with E-state index in [-0.39, 0.29) is 11.3 Å². The van der Waals surface area contributed by atoms with Crippen molar-refractivity contribution in [3.05, 3.63) is 77.9 Å². The Morgan fingerprint density at radius 2 is 1.78 bits per heavy atom. The second-order valence-electron chi connectivity index (χ2n) is 5.96. The van der Waals surface area contributed by atoms with Gasteiger partial charge in [-0.2, -0.15) is 13.2 Å². The minimum atomic E-state index is -4.38. The first-order chi connectivity index (χ1) is 12.9. The number of hydrogen-bond donors (Lipinski definition) is 0. The second-order valence-corrected chi connectivity index (χ2v) is 6.91. The Balaban J connectivity index is 1.91. The van der Waals surface area contributed by atoms with Crippen molar-refractivity contribution in [2.24, 2.45) is 0 Å². The third-order valence-corrected chi connectivity index (χ3v) is 5.11. The number of benzene rings is 2. The molecule has 0 bridgehead atoms.